The quantitative estimate of drug-likeness (QED) is 0.565. The Labute approximate surface area is 175 Å². The highest BCUT2D eigenvalue weighted by atomic mass is 35.5. The summed E-state index contributed by atoms with van der Waals surface area (Å²) in [6.07, 6.45) is 2.99. The number of hydrogen-bond donors (Lipinski definition) is 3. The third-order valence-electron chi connectivity index (χ3n) is 5.60. The molecule has 1 spiro atoms. The second-order valence-corrected chi connectivity index (χ2v) is 8.49. The number of hydrazine groups is 1. The van der Waals surface area contributed by atoms with Gasteiger partial charge < -0.3 is 15.0 Å². The van der Waals surface area contributed by atoms with Gasteiger partial charge in [-0.2, -0.15) is 5.01 Å². The van der Waals surface area contributed by atoms with Gasteiger partial charge in [0.05, 0.1) is 7.05 Å². The molecule has 1 heterocycles. The number of likely N-dealkylation sites (N-methyl/N-ethyl adjacent to an activating group) is 1. The SMILES string of the molecule is CC1CCC2(CC1)NC(=O)N(NC(=O)C[NH+](C)CCOc1ccc(Cl)cc1)C2=O. The van der Waals surface area contributed by atoms with Crippen molar-refractivity contribution < 1.29 is 24.0 Å². The molecule has 1 aromatic carbocycles. The second-order valence-electron chi connectivity index (χ2n) is 8.06. The van der Waals surface area contributed by atoms with Crippen molar-refractivity contribution in [1.29, 1.82) is 0 Å². The summed E-state index contributed by atoms with van der Waals surface area (Å²) in [6, 6.07) is 6.51. The molecule has 1 aromatic rings. The lowest BCUT2D eigenvalue weighted by Crippen LogP contribution is -3.11. The highest BCUT2D eigenvalue weighted by Crippen LogP contribution is 2.35. The predicted octanol–water partition coefficient (Wildman–Crippen LogP) is 0.765. The first-order chi connectivity index (χ1) is 13.8. The van der Waals surface area contributed by atoms with E-state index in [2.05, 4.69) is 17.7 Å². The number of imide groups is 1. The number of ether oxygens (including phenoxy) is 1. The first-order valence-electron chi connectivity index (χ1n) is 9.95. The highest BCUT2D eigenvalue weighted by molar-refractivity contribution is 6.30. The number of nitrogens with one attached hydrogen (secondary N) is 3. The lowest BCUT2D eigenvalue weighted by molar-refractivity contribution is -0.871. The normalized spacial score (nSPS) is 25.1. The summed E-state index contributed by atoms with van der Waals surface area (Å²) in [4.78, 5) is 38.2. The summed E-state index contributed by atoms with van der Waals surface area (Å²) >= 11 is 5.84. The fourth-order valence-corrected chi connectivity index (χ4v) is 3.84. The lowest BCUT2D eigenvalue weighted by Gasteiger charge is -2.33. The Morgan fingerprint density at radius 2 is 1.97 bits per heavy atom. The Kier molecular flexibility index (Phi) is 6.64. The minimum Gasteiger partial charge on any atom is -0.488 e. The molecule has 0 bridgehead atoms. The lowest BCUT2D eigenvalue weighted by atomic mass is 9.77. The Morgan fingerprint density at radius 1 is 1.31 bits per heavy atom. The molecule has 3 N–H and O–H groups in total. The number of hydrogen-bond acceptors (Lipinski definition) is 4. The van der Waals surface area contributed by atoms with Gasteiger partial charge in [0.15, 0.2) is 6.54 Å². The second kappa shape index (κ2) is 9.00. The van der Waals surface area contributed by atoms with Gasteiger partial charge in [0.2, 0.25) is 0 Å². The van der Waals surface area contributed by atoms with Crippen molar-refractivity contribution in [2.45, 2.75) is 38.1 Å². The van der Waals surface area contributed by atoms with Crippen LogP contribution in [-0.2, 0) is 9.59 Å². The van der Waals surface area contributed by atoms with Crippen LogP contribution < -0.4 is 20.4 Å². The molecule has 1 atom stereocenters. The zero-order chi connectivity index (χ0) is 21.0. The van der Waals surface area contributed by atoms with Crippen LogP contribution in [0.5, 0.6) is 5.75 Å². The van der Waals surface area contributed by atoms with Crippen LogP contribution in [-0.4, -0.2) is 55.1 Å². The van der Waals surface area contributed by atoms with Crippen LogP contribution in [0.25, 0.3) is 0 Å². The van der Waals surface area contributed by atoms with Crippen LogP contribution in [0.4, 0.5) is 4.79 Å². The summed E-state index contributed by atoms with van der Waals surface area (Å²) in [5, 5.41) is 4.27. The Morgan fingerprint density at radius 3 is 2.62 bits per heavy atom. The maximum atomic E-state index is 12.8. The molecule has 8 nitrogen and oxygen atoms in total. The zero-order valence-corrected chi connectivity index (χ0v) is 17.6. The van der Waals surface area contributed by atoms with Crippen LogP contribution in [0, 0.1) is 5.92 Å². The molecule has 3 rings (SSSR count). The van der Waals surface area contributed by atoms with E-state index in [9.17, 15) is 14.4 Å². The van der Waals surface area contributed by atoms with Crippen LogP contribution in [0.2, 0.25) is 5.02 Å². The summed E-state index contributed by atoms with van der Waals surface area (Å²) in [5.74, 6) is 0.504. The van der Waals surface area contributed by atoms with E-state index in [-0.39, 0.29) is 12.5 Å². The molecule has 0 radical (unpaired) electrons. The third kappa shape index (κ3) is 5.19. The topological polar surface area (TPSA) is 92.2 Å². The summed E-state index contributed by atoms with van der Waals surface area (Å²) in [5.41, 5.74) is 1.60. The molecule has 1 aliphatic heterocycles. The summed E-state index contributed by atoms with van der Waals surface area (Å²) < 4.78 is 5.62. The first-order valence-corrected chi connectivity index (χ1v) is 10.3. The van der Waals surface area contributed by atoms with Crippen LogP contribution in [0.3, 0.4) is 0 Å². The number of nitrogens with zero attached hydrogens (tertiary/aromatic N) is 1. The minimum absolute atomic E-state index is 0.116. The Bertz CT molecular complexity index is 762. The molecule has 158 valence electrons. The highest BCUT2D eigenvalue weighted by Gasteiger charge is 2.52. The van der Waals surface area contributed by atoms with E-state index in [1.165, 1.54) is 0 Å². The van der Waals surface area contributed by atoms with Crippen molar-refractivity contribution in [1.82, 2.24) is 15.8 Å². The van der Waals surface area contributed by atoms with E-state index < -0.39 is 17.5 Å². The molecule has 0 aromatic heterocycles. The van der Waals surface area contributed by atoms with Crippen molar-refractivity contribution in [2.24, 2.45) is 5.92 Å². The Hall–Kier alpha value is -2.32. The molecule has 9 heteroatoms. The molecule has 1 saturated carbocycles. The predicted molar refractivity (Wildman–Crippen MR) is 107 cm³/mol. The van der Waals surface area contributed by atoms with E-state index in [0.29, 0.717) is 42.7 Å². The fraction of sp³-hybridized carbons (Fsp3) is 0.550. The number of halogens is 1. The van der Waals surface area contributed by atoms with Gasteiger partial charge in [-0.1, -0.05) is 18.5 Å². The number of benzene rings is 1. The van der Waals surface area contributed by atoms with Gasteiger partial charge in [-0.15, -0.1) is 0 Å². The largest absolute Gasteiger partial charge is 0.488 e. The molecule has 4 amide bonds. The molecular weight excluding hydrogens is 396 g/mol. The van der Waals surface area contributed by atoms with Gasteiger partial charge in [0.1, 0.15) is 24.4 Å². The van der Waals surface area contributed by atoms with Gasteiger partial charge in [0.25, 0.3) is 11.8 Å². The standard InChI is InChI=1S/C20H27ClN4O4/c1-14-7-9-20(10-8-14)18(27)25(19(28)22-20)23-17(26)13-24(2)11-12-29-16-5-3-15(21)4-6-16/h3-6,14H,7-13H2,1-2H3,(H,22,28)(H,23,26)/p+1. The number of quaternary nitrogens is 1. The van der Waals surface area contributed by atoms with Gasteiger partial charge >= 0.3 is 6.03 Å². The van der Waals surface area contributed by atoms with Crippen molar-refractivity contribution in [3.8, 4) is 5.75 Å². The number of amides is 4. The molecule has 1 unspecified atom stereocenters. The van der Waals surface area contributed by atoms with Crippen molar-refractivity contribution in [3.63, 3.8) is 0 Å². The van der Waals surface area contributed by atoms with E-state index in [0.717, 1.165) is 22.8 Å². The van der Waals surface area contributed by atoms with E-state index >= 15 is 0 Å². The number of rotatable bonds is 7. The van der Waals surface area contributed by atoms with Gasteiger partial charge in [-0.25, -0.2) is 4.79 Å². The summed E-state index contributed by atoms with van der Waals surface area (Å²) in [7, 11) is 1.85. The van der Waals surface area contributed by atoms with E-state index in [1.54, 1.807) is 24.3 Å². The zero-order valence-electron chi connectivity index (χ0n) is 16.8. The fourth-order valence-electron chi connectivity index (χ4n) is 3.72. The molecule has 2 fully saturated rings. The van der Waals surface area contributed by atoms with Gasteiger partial charge in [-0.05, 0) is 55.9 Å². The van der Waals surface area contributed by atoms with Gasteiger partial charge in [0, 0.05) is 5.02 Å². The number of carbonyl (C=O) groups excluding carboxylic acids is 3. The van der Waals surface area contributed by atoms with Crippen LogP contribution >= 0.6 is 11.6 Å². The van der Waals surface area contributed by atoms with Crippen molar-refractivity contribution >= 4 is 29.4 Å². The van der Waals surface area contributed by atoms with Crippen molar-refractivity contribution in [2.75, 3.05) is 26.7 Å². The van der Waals surface area contributed by atoms with Crippen LogP contribution in [0.1, 0.15) is 32.6 Å². The van der Waals surface area contributed by atoms with Crippen LogP contribution in [0.15, 0.2) is 24.3 Å². The van der Waals surface area contributed by atoms with Gasteiger partial charge in [-0.3, -0.25) is 15.0 Å². The average molecular weight is 424 g/mol. The summed E-state index contributed by atoms with van der Waals surface area (Å²) in [6.45, 7) is 3.26. The molecule has 29 heavy (non-hydrogen) atoms. The third-order valence-corrected chi connectivity index (χ3v) is 5.85. The van der Waals surface area contributed by atoms with E-state index in [1.807, 2.05) is 7.05 Å². The van der Waals surface area contributed by atoms with E-state index in [4.69, 9.17) is 16.3 Å². The molecule has 1 saturated heterocycles. The monoisotopic (exact) mass is 423 g/mol. The first kappa shape index (κ1) is 21.4. The minimum atomic E-state index is -0.859. The average Bonchev–Trinajstić information content (AvgIpc) is 2.90. The van der Waals surface area contributed by atoms with Crippen molar-refractivity contribution in [3.05, 3.63) is 29.3 Å². The number of carbonyl (C=O) groups is 3. The Balaban J connectivity index is 1.44. The molecule has 1 aliphatic carbocycles. The number of urea groups is 1. The molecule has 2 aliphatic rings. The molecular formula is C20H28ClN4O4+. The maximum absolute atomic E-state index is 12.8. The maximum Gasteiger partial charge on any atom is 0.344 e. The smallest absolute Gasteiger partial charge is 0.344 e.